The van der Waals surface area contributed by atoms with E-state index < -0.39 is 18.0 Å². The van der Waals surface area contributed by atoms with Crippen LogP contribution in [-0.2, 0) is 14.3 Å². The van der Waals surface area contributed by atoms with E-state index in [0.29, 0.717) is 55.6 Å². The Balaban J connectivity index is 1.55. The highest BCUT2D eigenvalue weighted by Crippen LogP contribution is 2.32. The Morgan fingerprint density at radius 3 is 2.48 bits per heavy atom. The number of hydrogen-bond donors (Lipinski definition) is 0. The summed E-state index contributed by atoms with van der Waals surface area (Å²) in [6.45, 7) is 7.68. The maximum absolute atomic E-state index is 13.8. The zero-order chi connectivity index (χ0) is 29.8. The van der Waals surface area contributed by atoms with Gasteiger partial charge in [0, 0.05) is 11.6 Å². The zero-order valence-corrected chi connectivity index (χ0v) is 24.1. The normalized spacial score (nSPS) is 14.6. The van der Waals surface area contributed by atoms with Gasteiger partial charge >= 0.3 is 11.9 Å². The number of ether oxygens (including phenoxy) is 3. The molecule has 0 saturated heterocycles. The first-order valence-corrected chi connectivity index (χ1v) is 14.0. The molecule has 1 aliphatic rings. The zero-order valence-electron chi connectivity index (χ0n) is 23.3. The number of nitrogens with zero attached hydrogens (tertiary/aromatic N) is 2. The molecule has 0 unspecified atom stereocenters. The second-order valence-electron chi connectivity index (χ2n) is 9.24. The van der Waals surface area contributed by atoms with Crippen LogP contribution in [0.5, 0.6) is 5.75 Å². The summed E-state index contributed by atoms with van der Waals surface area (Å²) >= 11 is 1.21. The molecule has 0 fully saturated rings. The van der Waals surface area contributed by atoms with Crippen molar-refractivity contribution in [3.05, 3.63) is 121 Å². The van der Waals surface area contributed by atoms with Crippen molar-refractivity contribution >= 4 is 29.4 Å². The standard InChI is InChI=1S/C32H28N2O7S/c1-5-17-40-23-13-11-21(12-14-23)28-27(31(37)39-6-2)19(3)33-32-34(28)29(35)26(42-32)18-24-15-16-25(41-24)20-7-9-22(10-8-20)30(36)38-4/h5,7-16,18,28H,1,6,17H2,2-4H3/b26-18-/t28-/m1/s1. The van der Waals surface area contributed by atoms with Gasteiger partial charge in [-0.15, -0.1) is 0 Å². The largest absolute Gasteiger partial charge is 0.490 e. The van der Waals surface area contributed by atoms with Gasteiger partial charge < -0.3 is 18.6 Å². The lowest BCUT2D eigenvalue weighted by Crippen LogP contribution is -2.39. The lowest BCUT2D eigenvalue weighted by atomic mass is 9.96. The van der Waals surface area contributed by atoms with Crippen LogP contribution in [-0.4, -0.2) is 36.8 Å². The number of hydrogen-bond acceptors (Lipinski definition) is 9. The fourth-order valence-electron chi connectivity index (χ4n) is 4.61. The summed E-state index contributed by atoms with van der Waals surface area (Å²) in [4.78, 5) is 43.7. The van der Waals surface area contributed by atoms with Crippen molar-refractivity contribution in [2.75, 3.05) is 20.3 Å². The fourth-order valence-corrected chi connectivity index (χ4v) is 5.64. The van der Waals surface area contributed by atoms with Gasteiger partial charge in [0.1, 0.15) is 23.9 Å². The number of fused-ring (bicyclic) bond motifs is 1. The van der Waals surface area contributed by atoms with E-state index in [-0.39, 0.29) is 12.2 Å². The van der Waals surface area contributed by atoms with Crippen LogP contribution in [0.4, 0.5) is 0 Å². The second kappa shape index (κ2) is 12.3. The summed E-state index contributed by atoms with van der Waals surface area (Å²) in [6, 6.07) is 16.9. The number of aromatic nitrogens is 1. The van der Waals surface area contributed by atoms with Gasteiger partial charge in [-0.05, 0) is 55.8 Å². The van der Waals surface area contributed by atoms with E-state index in [9.17, 15) is 14.4 Å². The molecule has 42 heavy (non-hydrogen) atoms. The van der Waals surface area contributed by atoms with Crippen molar-refractivity contribution in [2.24, 2.45) is 4.99 Å². The smallest absolute Gasteiger partial charge is 0.338 e. The number of rotatable bonds is 9. The number of carbonyl (C=O) groups is 2. The lowest BCUT2D eigenvalue weighted by molar-refractivity contribution is -0.139. The summed E-state index contributed by atoms with van der Waals surface area (Å²) in [7, 11) is 1.33. The SMILES string of the molecule is C=CCOc1ccc([C@@H]2C(C(=O)OCC)=C(C)N=c3s/c(=C\c4ccc(-c5ccc(C(=O)OC)cc5)o4)c(=O)n32)cc1. The average Bonchev–Trinajstić information content (AvgIpc) is 3.59. The van der Waals surface area contributed by atoms with E-state index in [0.717, 1.165) is 5.56 Å². The monoisotopic (exact) mass is 584 g/mol. The van der Waals surface area contributed by atoms with Crippen LogP contribution in [0.15, 0.2) is 98.8 Å². The van der Waals surface area contributed by atoms with Crippen molar-refractivity contribution in [3.63, 3.8) is 0 Å². The molecular formula is C32H28N2O7S. The molecule has 0 saturated carbocycles. The summed E-state index contributed by atoms with van der Waals surface area (Å²) in [5, 5.41) is 0. The third-order valence-electron chi connectivity index (χ3n) is 6.57. The number of furan rings is 1. The summed E-state index contributed by atoms with van der Waals surface area (Å²) in [5.41, 5.74) is 2.37. The third kappa shape index (κ3) is 5.61. The summed E-state index contributed by atoms with van der Waals surface area (Å²) in [6.07, 6.45) is 3.31. The van der Waals surface area contributed by atoms with Gasteiger partial charge in [0.25, 0.3) is 5.56 Å². The molecule has 1 aliphatic heterocycles. The Kier molecular flexibility index (Phi) is 8.35. The van der Waals surface area contributed by atoms with E-state index in [4.69, 9.17) is 18.6 Å². The maximum atomic E-state index is 13.8. The van der Waals surface area contributed by atoms with Gasteiger partial charge in [0.05, 0.1) is 41.1 Å². The van der Waals surface area contributed by atoms with Crippen molar-refractivity contribution in [3.8, 4) is 17.1 Å². The molecule has 0 bridgehead atoms. The molecule has 1 atom stereocenters. The minimum absolute atomic E-state index is 0.188. The molecule has 10 heteroatoms. The highest BCUT2D eigenvalue weighted by Gasteiger charge is 2.33. The number of carbonyl (C=O) groups excluding carboxylic acids is 2. The Hall–Kier alpha value is -4.96. The Labute approximate surface area is 245 Å². The van der Waals surface area contributed by atoms with Crippen LogP contribution in [0.2, 0.25) is 0 Å². The molecule has 0 aliphatic carbocycles. The molecule has 5 rings (SSSR count). The minimum atomic E-state index is -0.739. The van der Waals surface area contributed by atoms with Crippen molar-refractivity contribution in [2.45, 2.75) is 19.9 Å². The first-order chi connectivity index (χ1) is 20.3. The van der Waals surface area contributed by atoms with Crippen LogP contribution >= 0.6 is 11.3 Å². The molecule has 0 amide bonds. The van der Waals surface area contributed by atoms with Crippen LogP contribution in [0.3, 0.4) is 0 Å². The first kappa shape index (κ1) is 28.6. The molecule has 2 aromatic carbocycles. The predicted molar refractivity (Wildman–Crippen MR) is 158 cm³/mol. The fraction of sp³-hybridized carbons (Fsp3) is 0.188. The minimum Gasteiger partial charge on any atom is -0.490 e. The maximum Gasteiger partial charge on any atom is 0.338 e. The van der Waals surface area contributed by atoms with Crippen molar-refractivity contribution in [1.82, 2.24) is 4.57 Å². The van der Waals surface area contributed by atoms with Gasteiger partial charge in [0.15, 0.2) is 4.80 Å². The summed E-state index contributed by atoms with van der Waals surface area (Å²) in [5.74, 6) is 0.724. The number of methoxy groups -OCH3 is 1. The molecule has 0 spiro atoms. The molecule has 2 aromatic heterocycles. The van der Waals surface area contributed by atoms with Gasteiger partial charge in [-0.3, -0.25) is 9.36 Å². The lowest BCUT2D eigenvalue weighted by Gasteiger charge is -2.24. The number of allylic oxidation sites excluding steroid dienone is 1. The number of thiazole rings is 1. The van der Waals surface area contributed by atoms with Gasteiger partial charge in [-0.1, -0.05) is 48.3 Å². The topological polar surface area (TPSA) is 109 Å². The van der Waals surface area contributed by atoms with Gasteiger partial charge in [-0.2, -0.15) is 0 Å². The van der Waals surface area contributed by atoms with E-state index in [1.54, 1.807) is 74.5 Å². The molecule has 214 valence electrons. The van der Waals surface area contributed by atoms with Crippen molar-refractivity contribution < 1.29 is 28.2 Å². The number of esters is 2. The van der Waals surface area contributed by atoms with Crippen LogP contribution < -0.4 is 19.6 Å². The Morgan fingerprint density at radius 2 is 1.81 bits per heavy atom. The third-order valence-corrected chi connectivity index (χ3v) is 7.55. The first-order valence-electron chi connectivity index (χ1n) is 13.2. The number of benzene rings is 2. The molecule has 4 aromatic rings. The highest BCUT2D eigenvalue weighted by molar-refractivity contribution is 7.07. The highest BCUT2D eigenvalue weighted by atomic mass is 32.1. The molecule has 3 heterocycles. The average molecular weight is 585 g/mol. The quantitative estimate of drug-likeness (QED) is 0.212. The van der Waals surface area contributed by atoms with Crippen LogP contribution in [0.1, 0.15) is 41.6 Å². The molecular weight excluding hydrogens is 556 g/mol. The Morgan fingerprint density at radius 1 is 1.07 bits per heavy atom. The predicted octanol–water partition coefficient (Wildman–Crippen LogP) is 4.41. The van der Waals surface area contributed by atoms with Crippen molar-refractivity contribution in [1.29, 1.82) is 0 Å². The van der Waals surface area contributed by atoms with Crippen LogP contribution in [0, 0.1) is 0 Å². The van der Waals surface area contributed by atoms with E-state index in [1.165, 1.54) is 23.0 Å². The van der Waals surface area contributed by atoms with Crippen LogP contribution in [0.25, 0.3) is 17.4 Å². The van der Waals surface area contributed by atoms with E-state index >= 15 is 0 Å². The van der Waals surface area contributed by atoms with E-state index in [2.05, 4.69) is 11.6 Å². The summed E-state index contributed by atoms with van der Waals surface area (Å²) < 4.78 is 23.6. The van der Waals surface area contributed by atoms with Gasteiger partial charge in [-0.25, -0.2) is 14.6 Å². The molecule has 0 radical (unpaired) electrons. The molecule has 9 nitrogen and oxygen atoms in total. The second-order valence-corrected chi connectivity index (χ2v) is 10.3. The Bertz CT molecular complexity index is 1860. The molecule has 0 N–H and O–H groups in total. The van der Waals surface area contributed by atoms with Gasteiger partial charge in [0.2, 0.25) is 0 Å². The van der Waals surface area contributed by atoms with E-state index in [1.807, 2.05) is 12.1 Å².